The van der Waals surface area contributed by atoms with Crippen LogP contribution in [0.5, 0.6) is 5.75 Å². The van der Waals surface area contributed by atoms with Crippen LogP contribution in [0.15, 0.2) is 6.07 Å². The monoisotopic (exact) mass is 245 g/mol. The third kappa shape index (κ3) is 2.90. The van der Waals surface area contributed by atoms with Crippen LogP contribution in [0.25, 0.3) is 0 Å². The number of aromatic hydroxyl groups is 1. The van der Waals surface area contributed by atoms with Gasteiger partial charge in [-0.2, -0.15) is 4.39 Å². The molecule has 0 fully saturated rings. The van der Waals surface area contributed by atoms with Gasteiger partial charge in [0.05, 0.1) is 5.69 Å². The van der Waals surface area contributed by atoms with E-state index in [0.717, 1.165) is 13.0 Å². The van der Waals surface area contributed by atoms with Gasteiger partial charge in [0.2, 0.25) is 5.82 Å². The Hall–Kier alpha value is -2.18. The molecule has 0 saturated heterocycles. The second-order valence-corrected chi connectivity index (χ2v) is 3.22. The summed E-state index contributed by atoms with van der Waals surface area (Å²) in [5.74, 6) is -4.68. The Morgan fingerprint density at radius 2 is 1.94 bits per heavy atom. The zero-order valence-electron chi connectivity index (χ0n) is 9.01. The van der Waals surface area contributed by atoms with Crippen LogP contribution in [-0.2, 0) is 9.53 Å². The Morgan fingerprint density at radius 3 is 2.47 bits per heavy atom. The number of nitrogens with one attached hydrogen (secondary N) is 1. The maximum absolute atomic E-state index is 13.3. The number of esters is 1. The first-order valence-corrected chi connectivity index (χ1v) is 4.50. The Bertz CT molecular complexity index is 488. The van der Waals surface area contributed by atoms with E-state index >= 15 is 0 Å². The molecule has 0 aliphatic rings. The molecule has 0 radical (unpaired) electrons. The molecule has 92 valence electrons. The number of hydrogen-bond acceptors (Lipinski definition) is 4. The fourth-order valence-electron chi connectivity index (χ4n) is 1.15. The van der Waals surface area contributed by atoms with Gasteiger partial charge in [0.15, 0.2) is 11.6 Å². The molecule has 1 rings (SSSR count). The molecule has 0 aliphatic heterocycles. The molecule has 5 nitrogen and oxygen atoms in total. The highest BCUT2D eigenvalue weighted by Gasteiger charge is 2.18. The van der Waals surface area contributed by atoms with Gasteiger partial charge in [-0.15, -0.1) is 0 Å². The highest BCUT2D eigenvalue weighted by molar-refractivity contribution is 5.93. The average molecular weight is 245 g/mol. The van der Waals surface area contributed by atoms with E-state index in [0.29, 0.717) is 0 Å². The van der Waals surface area contributed by atoms with Crippen molar-refractivity contribution in [2.75, 3.05) is 5.32 Å². The van der Waals surface area contributed by atoms with Gasteiger partial charge in [-0.25, -0.2) is 9.18 Å². The summed E-state index contributed by atoms with van der Waals surface area (Å²) in [4.78, 5) is 21.5. The van der Waals surface area contributed by atoms with Crippen LogP contribution < -0.4 is 5.32 Å². The van der Waals surface area contributed by atoms with Crippen molar-refractivity contribution in [3.8, 4) is 5.75 Å². The summed E-state index contributed by atoms with van der Waals surface area (Å²) in [5.41, 5.74) is -0.409. The van der Waals surface area contributed by atoms with Crippen molar-refractivity contribution in [3.05, 3.63) is 23.3 Å². The summed E-state index contributed by atoms with van der Waals surface area (Å²) in [5, 5.41) is 10.8. The number of phenols is 1. The summed E-state index contributed by atoms with van der Waals surface area (Å²) in [7, 11) is 0. The summed E-state index contributed by atoms with van der Waals surface area (Å²) in [6, 6.07) is 0.932. The van der Waals surface area contributed by atoms with E-state index in [1.54, 1.807) is 0 Å². The lowest BCUT2D eigenvalue weighted by atomic mass is 10.1. The zero-order chi connectivity index (χ0) is 13.2. The molecule has 1 amide bonds. The van der Waals surface area contributed by atoms with E-state index in [1.807, 2.05) is 5.32 Å². The summed E-state index contributed by atoms with van der Waals surface area (Å²) < 4.78 is 30.4. The van der Waals surface area contributed by atoms with Crippen molar-refractivity contribution in [3.63, 3.8) is 0 Å². The number of benzene rings is 1. The van der Waals surface area contributed by atoms with E-state index in [9.17, 15) is 18.4 Å². The fourth-order valence-corrected chi connectivity index (χ4v) is 1.15. The molecule has 0 saturated carbocycles. The molecule has 2 N–H and O–H groups in total. The van der Waals surface area contributed by atoms with Crippen LogP contribution in [0.2, 0.25) is 0 Å². The van der Waals surface area contributed by atoms with Crippen molar-refractivity contribution in [1.29, 1.82) is 0 Å². The number of amides is 1. The molecule has 0 aromatic heterocycles. The van der Waals surface area contributed by atoms with Gasteiger partial charge in [0, 0.05) is 6.92 Å². The lowest BCUT2D eigenvalue weighted by Gasteiger charge is -2.10. The Balaban J connectivity index is 3.03. The number of aryl methyl sites for hydroxylation is 1. The molecule has 7 heteroatoms. The van der Waals surface area contributed by atoms with Gasteiger partial charge in [0.25, 0.3) is 0 Å². The minimum Gasteiger partial charge on any atom is -0.505 e. The number of carbonyl (C=O) groups is 2. The molecule has 0 atom stereocenters. The van der Waals surface area contributed by atoms with Crippen LogP contribution >= 0.6 is 0 Å². The van der Waals surface area contributed by atoms with Crippen LogP contribution in [0, 0.1) is 18.6 Å². The van der Waals surface area contributed by atoms with E-state index in [-0.39, 0.29) is 5.56 Å². The largest absolute Gasteiger partial charge is 0.505 e. The van der Waals surface area contributed by atoms with Crippen molar-refractivity contribution >= 4 is 17.7 Å². The number of halogens is 2. The lowest BCUT2D eigenvalue weighted by molar-refractivity contribution is -0.134. The second-order valence-electron chi connectivity index (χ2n) is 3.22. The van der Waals surface area contributed by atoms with E-state index in [1.165, 1.54) is 6.92 Å². The van der Waals surface area contributed by atoms with Gasteiger partial charge >= 0.3 is 12.1 Å². The maximum atomic E-state index is 13.3. The topological polar surface area (TPSA) is 75.6 Å². The molecule has 0 heterocycles. The first kappa shape index (κ1) is 12.9. The SMILES string of the molecule is CC(=O)OC(=O)Nc1c(C)cc(O)c(F)c1F. The number of hydrogen-bond donors (Lipinski definition) is 2. The number of phenolic OH excluding ortho intramolecular Hbond substituents is 1. The highest BCUT2D eigenvalue weighted by Crippen LogP contribution is 2.28. The van der Waals surface area contributed by atoms with Crippen molar-refractivity contribution in [1.82, 2.24) is 0 Å². The molecular weight excluding hydrogens is 236 g/mol. The number of carbonyl (C=O) groups excluding carboxylic acids is 2. The van der Waals surface area contributed by atoms with Crippen LogP contribution in [0.4, 0.5) is 19.3 Å². The minimum absolute atomic E-state index is 0.0851. The van der Waals surface area contributed by atoms with Crippen LogP contribution in [0.3, 0.4) is 0 Å². The normalized spacial score (nSPS) is 9.88. The van der Waals surface area contributed by atoms with E-state index < -0.39 is 35.1 Å². The first-order chi connectivity index (χ1) is 7.82. The Morgan fingerprint density at radius 1 is 1.35 bits per heavy atom. The highest BCUT2D eigenvalue weighted by atomic mass is 19.2. The van der Waals surface area contributed by atoms with Gasteiger partial charge in [-0.05, 0) is 18.6 Å². The number of ether oxygens (including phenoxy) is 1. The predicted octanol–water partition coefficient (Wildman–Crippen LogP) is 2.07. The van der Waals surface area contributed by atoms with Crippen molar-refractivity contribution in [2.45, 2.75) is 13.8 Å². The molecule has 0 aliphatic carbocycles. The zero-order valence-corrected chi connectivity index (χ0v) is 9.01. The van der Waals surface area contributed by atoms with Gasteiger partial charge in [-0.1, -0.05) is 0 Å². The second kappa shape index (κ2) is 4.77. The Labute approximate surface area is 95.0 Å². The third-order valence-electron chi connectivity index (χ3n) is 1.85. The maximum Gasteiger partial charge on any atom is 0.419 e. The number of anilines is 1. The smallest absolute Gasteiger partial charge is 0.419 e. The fraction of sp³-hybridized carbons (Fsp3) is 0.200. The van der Waals surface area contributed by atoms with E-state index in [4.69, 9.17) is 5.11 Å². The molecular formula is C10H9F2NO4. The van der Waals surface area contributed by atoms with E-state index in [2.05, 4.69) is 4.74 Å². The standard InChI is InChI=1S/C10H9F2NO4/c1-4-3-6(15)7(11)8(12)9(4)13-10(16)17-5(2)14/h3,15H,1-2H3,(H,13,16). The third-order valence-corrected chi connectivity index (χ3v) is 1.85. The van der Waals surface area contributed by atoms with Crippen LogP contribution in [0.1, 0.15) is 12.5 Å². The number of rotatable bonds is 1. The molecule has 1 aromatic carbocycles. The van der Waals surface area contributed by atoms with Gasteiger partial charge in [0.1, 0.15) is 0 Å². The summed E-state index contributed by atoms with van der Waals surface area (Å²) >= 11 is 0. The predicted molar refractivity (Wildman–Crippen MR) is 53.5 cm³/mol. The molecule has 17 heavy (non-hydrogen) atoms. The average Bonchev–Trinajstić information content (AvgIpc) is 2.20. The quantitative estimate of drug-likeness (QED) is 0.451. The molecule has 0 bridgehead atoms. The van der Waals surface area contributed by atoms with Gasteiger partial charge in [-0.3, -0.25) is 10.1 Å². The first-order valence-electron chi connectivity index (χ1n) is 4.50. The summed E-state index contributed by atoms with van der Waals surface area (Å²) in [6.07, 6.45) is -1.23. The van der Waals surface area contributed by atoms with Gasteiger partial charge < -0.3 is 9.84 Å². The Kier molecular flexibility index (Phi) is 3.62. The minimum atomic E-state index is -1.49. The van der Waals surface area contributed by atoms with Crippen molar-refractivity contribution in [2.24, 2.45) is 0 Å². The molecule has 0 unspecified atom stereocenters. The van der Waals surface area contributed by atoms with Crippen molar-refractivity contribution < 1.29 is 28.2 Å². The van der Waals surface area contributed by atoms with Crippen LogP contribution in [-0.4, -0.2) is 17.2 Å². The summed E-state index contributed by atoms with van der Waals surface area (Å²) in [6.45, 7) is 2.33. The lowest BCUT2D eigenvalue weighted by Crippen LogP contribution is -2.18. The molecule has 1 aromatic rings. The molecule has 0 spiro atoms.